The maximum Gasteiger partial charge on any atom is 0.264 e. The van der Waals surface area contributed by atoms with E-state index in [9.17, 15) is 13.2 Å². The lowest BCUT2D eigenvalue weighted by molar-refractivity contribution is -0.124. The average Bonchev–Trinajstić information content (AvgIpc) is 2.35. The average molecular weight is 305 g/mol. The van der Waals surface area contributed by atoms with Gasteiger partial charge in [0.15, 0.2) is 0 Å². The Hall–Kier alpha value is -0.880. The molecule has 0 saturated heterocycles. The summed E-state index contributed by atoms with van der Waals surface area (Å²) < 4.78 is 29.7. The summed E-state index contributed by atoms with van der Waals surface area (Å²) in [4.78, 5) is 13.1. The molecule has 0 unspecified atom stereocenters. The highest BCUT2D eigenvalue weighted by atomic mass is 32.2. The monoisotopic (exact) mass is 305 g/mol. The summed E-state index contributed by atoms with van der Waals surface area (Å²) in [6.45, 7) is 2.50. The molecule has 0 spiro atoms. The molecule has 0 rings (SSSR count). The lowest BCUT2D eigenvalue weighted by Crippen LogP contribution is -2.27. The SMILES string of the molecule is CCCCCCC/C=C/C(=O)N(C)CCCS(=O)(=O)O. The molecule has 0 aromatic carbocycles. The van der Waals surface area contributed by atoms with Crippen molar-refractivity contribution in [2.75, 3.05) is 19.3 Å². The lowest BCUT2D eigenvalue weighted by Gasteiger charge is -2.14. The van der Waals surface area contributed by atoms with E-state index in [1.807, 2.05) is 6.08 Å². The van der Waals surface area contributed by atoms with Crippen molar-refractivity contribution in [3.63, 3.8) is 0 Å². The molecule has 0 aliphatic carbocycles. The predicted octanol–water partition coefficient (Wildman–Crippen LogP) is 2.64. The molecule has 0 heterocycles. The maximum atomic E-state index is 11.7. The molecule has 0 aliphatic heterocycles. The third-order valence-electron chi connectivity index (χ3n) is 3.01. The first-order valence-electron chi connectivity index (χ1n) is 7.23. The van der Waals surface area contributed by atoms with Crippen LogP contribution in [0.4, 0.5) is 0 Å². The van der Waals surface area contributed by atoms with Gasteiger partial charge in [-0.05, 0) is 25.3 Å². The molecular formula is C14H27NO4S. The highest BCUT2D eigenvalue weighted by Crippen LogP contribution is 2.05. The zero-order valence-electron chi connectivity index (χ0n) is 12.5. The van der Waals surface area contributed by atoms with E-state index in [2.05, 4.69) is 6.92 Å². The van der Waals surface area contributed by atoms with Gasteiger partial charge in [0, 0.05) is 13.6 Å². The van der Waals surface area contributed by atoms with Crippen LogP contribution >= 0.6 is 0 Å². The fourth-order valence-corrected chi connectivity index (χ4v) is 2.27. The Morgan fingerprint density at radius 2 is 1.80 bits per heavy atom. The van der Waals surface area contributed by atoms with Gasteiger partial charge in [0.1, 0.15) is 0 Å². The van der Waals surface area contributed by atoms with Crippen LogP contribution in [0.1, 0.15) is 51.9 Å². The molecule has 0 aromatic heterocycles. The highest BCUT2D eigenvalue weighted by molar-refractivity contribution is 7.85. The van der Waals surface area contributed by atoms with Crippen molar-refractivity contribution in [2.24, 2.45) is 0 Å². The smallest absolute Gasteiger partial charge is 0.264 e. The minimum Gasteiger partial charge on any atom is -0.342 e. The molecule has 0 radical (unpaired) electrons. The third-order valence-corrected chi connectivity index (χ3v) is 3.81. The molecule has 0 aromatic rings. The van der Waals surface area contributed by atoms with Crippen LogP contribution in [-0.2, 0) is 14.9 Å². The van der Waals surface area contributed by atoms with Crippen LogP contribution in [0, 0.1) is 0 Å². The first kappa shape index (κ1) is 19.1. The molecule has 0 atom stereocenters. The summed E-state index contributed by atoms with van der Waals surface area (Å²) >= 11 is 0. The van der Waals surface area contributed by atoms with E-state index in [-0.39, 0.29) is 18.1 Å². The van der Waals surface area contributed by atoms with Crippen molar-refractivity contribution in [2.45, 2.75) is 51.9 Å². The Morgan fingerprint density at radius 3 is 2.40 bits per heavy atom. The number of carbonyl (C=O) groups excluding carboxylic acids is 1. The van der Waals surface area contributed by atoms with Gasteiger partial charge in [-0.25, -0.2) is 0 Å². The van der Waals surface area contributed by atoms with Crippen molar-refractivity contribution < 1.29 is 17.8 Å². The summed E-state index contributed by atoms with van der Waals surface area (Å²) in [5, 5.41) is 0. The number of likely N-dealkylation sites (N-methyl/N-ethyl adjacent to an activating group) is 1. The first-order chi connectivity index (χ1) is 9.37. The number of unbranched alkanes of at least 4 members (excludes halogenated alkanes) is 5. The van der Waals surface area contributed by atoms with Gasteiger partial charge in [0.2, 0.25) is 5.91 Å². The van der Waals surface area contributed by atoms with Gasteiger partial charge in [-0.1, -0.05) is 38.7 Å². The fourth-order valence-electron chi connectivity index (χ4n) is 1.77. The van der Waals surface area contributed by atoms with Crippen LogP contribution in [-0.4, -0.2) is 43.1 Å². The van der Waals surface area contributed by atoms with Gasteiger partial charge in [-0.15, -0.1) is 0 Å². The predicted molar refractivity (Wildman–Crippen MR) is 81.2 cm³/mol. The van der Waals surface area contributed by atoms with E-state index in [1.165, 1.54) is 36.7 Å². The topological polar surface area (TPSA) is 74.7 Å². The van der Waals surface area contributed by atoms with E-state index < -0.39 is 10.1 Å². The molecule has 5 nitrogen and oxygen atoms in total. The standard InChI is InChI=1S/C14H27NO4S/c1-3-4-5-6-7-8-9-11-14(16)15(2)12-10-13-20(17,18)19/h9,11H,3-8,10,12-13H2,1-2H3,(H,17,18,19)/b11-9+. The Balaban J connectivity index is 3.73. The molecule has 6 heteroatoms. The number of hydrogen-bond acceptors (Lipinski definition) is 3. The van der Waals surface area contributed by atoms with E-state index >= 15 is 0 Å². The van der Waals surface area contributed by atoms with Gasteiger partial charge < -0.3 is 4.90 Å². The third kappa shape index (κ3) is 12.2. The van der Waals surface area contributed by atoms with Crippen LogP contribution in [0.15, 0.2) is 12.2 Å². The molecule has 1 N–H and O–H groups in total. The molecule has 0 bridgehead atoms. The zero-order chi connectivity index (χ0) is 15.4. The van der Waals surface area contributed by atoms with Crippen LogP contribution in [0.5, 0.6) is 0 Å². The fraction of sp³-hybridized carbons (Fsp3) is 0.786. The van der Waals surface area contributed by atoms with Crippen molar-refractivity contribution in [1.82, 2.24) is 4.90 Å². The second-order valence-electron chi connectivity index (χ2n) is 5.00. The first-order valence-corrected chi connectivity index (χ1v) is 8.84. The number of amides is 1. The van der Waals surface area contributed by atoms with Crippen LogP contribution in [0.3, 0.4) is 0 Å². The largest absolute Gasteiger partial charge is 0.342 e. The van der Waals surface area contributed by atoms with Crippen molar-refractivity contribution in [3.05, 3.63) is 12.2 Å². The van der Waals surface area contributed by atoms with Gasteiger partial charge in [0.25, 0.3) is 10.1 Å². The molecule has 0 fully saturated rings. The van der Waals surface area contributed by atoms with Gasteiger partial charge in [0.05, 0.1) is 5.75 Å². The summed E-state index contributed by atoms with van der Waals surface area (Å²) in [5.41, 5.74) is 0. The van der Waals surface area contributed by atoms with Crippen molar-refractivity contribution >= 4 is 16.0 Å². The summed E-state index contributed by atoms with van der Waals surface area (Å²) in [6, 6.07) is 0. The van der Waals surface area contributed by atoms with E-state index in [0.717, 1.165) is 12.8 Å². The second kappa shape index (κ2) is 10.9. The van der Waals surface area contributed by atoms with Gasteiger partial charge in [-0.3, -0.25) is 9.35 Å². The summed E-state index contributed by atoms with van der Waals surface area (Å²) in [6.07, 6.45) is 10.6. The minimum atomic E-state index is -3.93. The maximum absolute atomic E-state index is 11.7. The van der Waals surface area contributed by atoms with Crippen molar-refractivity contribution in [3.8, 4) is 0 Å². The van der Waals surface area contributed by atoms with Crippen molar-refractivity contribution in [1.29, 1.82) is 0 Å². The number of nitrogens with zero attached hydrogens (tertiary/aromatic N) is 1. The molecule has 0 saturated carbocycles. The Labute approximate surface area is 122 Å². The molecule has 0 aliphatic rings. The molecule has 20 heavy (non-hydrogen) atoms. The Bertz CT molecular complexity index is 390. The zero-order valence-corrected chi connectivity index (χ0v) is 13.4. The number of hydrogen-bond donors (Lipinski definition) is 1. The second-order valence-corrected chi connectivity index (χ2v) is 6.58. The Morgan fingerprint density at radius 1 is 1.15 bits per heavy atom. The van der Waals surface area contributed by atoms with Crippen LogP contribution in [0.2, 0.25) is 0 Å². The van der Waals surface area contributed by atoms with Gasteiger partial charge in [-0.2, -0.15) is 8.42 Å². The quantitative estimate of drug-likeness (QED) is 0.362. The van der Waals surface area contributed by atoms with E-state index in [1.54, 1.807) is 7.05 Å². The summed E-state index contributed by atoms with van der Waals surface area (Å²) in [5.74, 6) is -0.444. The minimum absolute atomic E-state index is 0.131. The molecular weight excluding hydrogens is 278 g/mol. The number of carbonyl (C=O) groups is 1. The number of allylic oxidation sites excluding steroid dienone is 1. The summed E-state index contributed by atoms with van der Waals surface area (Å²) in [7, 11) is -2.31. The lowest BCUT2D eigenvalue weighted by atomic mass is 10.1. The Kier molecular flexibility index (Phi) is 10.4. The van der Waals surface area contributed by atoms with Gasteiger partial charge >= 0.3 is 0 Å². The highest BCUT2D eigenvalue weighted by Gasteiger charge is 2.08. The van der Waals surface area contributed by atoms with E-state index in [0.29, 0.717) is 6.54 Å². The van der Waals surface area contributed by atoms with Crippen LogP contribution < -0.4 is 0 Å². The molecule has 118 valence electrons. The number of rotatable bonds is 11. The normalized spacial score (nSPS) is 11.9. The molecule has 1 amide bonds. The van der Waals surface area contributed by atoms with E-state index in [4.69, 9.17) is 4.55 Å². The van der Waals surface area contributed by atoms with Crippen LogP contribution in [0.25, 0.3) is 0 Å².